The summed E-state index contributed by atoms with van der Waals surface area (Å²) in [5.74, 6) is 0. The van der Waals surface area contributed by atoms with Gasteiger partial charge in [-0.2, -0.15) is 0 Å². The van der Waals surface area contributed by atoms with Crippen molar-refractivity contribution in [1.82, 2.24) is 19.9 Å². The van der Waals surface area contributed by atoms with E-state index in [1.54, 1.807) is 0 Å². The summed E-state index contributed by atoms with van der Waals surface area (Å²) in [6.45, 7) is 2.27. The van der Waals surface area contributed by atoms with Crippen LogP contribution >= 0.6 is 0 Å². The standard InChI is InChI=1S/C28H30N4/c1-2-3-4-5-6-7-8-20-15-27-18-25-12-11-23(30-25)16-21-9-10-22(29-21)17-24-13-14-26(31-24)19-28(20)32-27/h9-19,29,32H,2-8H2,1H3. The fourth-order valence-corrected chi connectivity index (χ4v) is 4.38. The molecule has 0 spiro atoms. The molecule has 0 aromatic carbocycles. The van der Waals surface area contributed by atoms with Crippen LogP contribution in [0.4, 0.5) is 0 Å². The van der Waals surface area contributed by atoms with E-state index in [1.165, 1.54) is 44.1 Å². The first-order valence-electron chi connectivity index (χ1n) is 11.8. The summed E-state index contributed by atoms with van der Waals surface area (Å²) in [5.41, 5.74) is 9.54. The smallest absolute Gasteiger partial charge is 0.0658 e. The summed E-state index contributed by atoms with van der Waals surface area (Å²) in [5, 5.41) is 0. The van der Waals surface area contributed by atoms with E-state index in [2.05, 4.69) is 83.7 Å². The molecule has 5 rings (SSSR count). The Hall–Kier alpha value is -3.40. The molecule has 4 nitrogen and oxygen atoms in total. The van der Waals surface area contributed by atoms with Crippen LogP contribution in [0.1, 0.15) is 73.8 Å². The third kappa shape index (κ3) is 4.91. The second kappa shape index (κ2) is 9.39. The Morgan fingerprint density at radius 2 is 1.16 bits per heavy atom. The lowest BCUT2D eigenvalue weighted by Crippen LogP contribution is -1.85. The van der Waals surface area contributed by atoms with Gasteiger partial charge in [0.1, 0.15) is 0 Å². The number of aryl methyl sites for hydroxylation is 1. The Morgan fingerprint density at radius 1 is 0.594 bits per heavy atom. The van der Waals surface area contributed by atoms with E-state index in [0.29, 0.717) is 0 Å². The summed E-state index contributed by atoms with van der Waals surface area (Å²) < 4.78 is 0. The van der Waals surface area contributed by atoms with E-state index >= 15 is 0 Å². The SMILES string of the molecule is CCCCCCCCc1cc2cc3nc(cc4ccc(cc5nc(cc1[nH]2)C=C5)[nH]4)C=C3. The number of unbranched alkanes of at least 4 members (excludes halogenated alkanes) is 5. The molecule has 4 heteroatoms. The molecule has 0 saturated carbocycles. The van der Waals surface area contributed by atoms with Gasteiger partial charge in [-0.05, 0) is 85.2 Å². The van der Waals surface area contributed by atoms with E-state index in [0.717, 1.165) is 51.3 Å². The zero-order valence-corrected chi connectivity index (χ0v) is 18.7. The number of rotatable bonds is 7. The van der Waals surface area contributed by atoms with Crippen LogP contribution in [-0.4, -0.2) is 19.9 Å². The number of fused-ring (bicyclic) bond motifs is 8. The average Bonchev–Trinajstić information content (AvgIpc) is 3.56. The van der Waals surface area contributed by atoms with Crippen LogP contribution in [0.25, 0.3) is 46.4 Å². The maximum Gasteiger partial charge on any atom is 0.0658 e. The van der Waals surface area contributed by atoms with Gasteiger partial charge in [-0.15, -0.1) is 0 Å². The van der Waals surface area contributed by atoms with Crippen LogP contribution in [0.3, 0.4) is 0 Å². The van der Waals surface area contributed by atoms with Crippen molar-refractivity contribution in [2.75, 3.05) is 0 Å². The fourth-order valence-electron chi connectivity index (χ4n) is 4.38. The van der Waals surface area contributed by atoms with Crippen molar-refractivity contribution in [2.24, 2.45) is 0 Å². The molecule has 3 aromatic heterocycles. The highest BCUT2D eigenvalue weighted by atomic mass is 14.8. The molecule has 0 radical (unpaired) electrons. The van der Waals surface area contributed by atoms with Gasteiger partial charge in [0.15, 0.2) is 0 Å². The second-order valence-electron chi connectivity index (χ2n) is 8.72. The minimum Gasteiger partial charge on any atom is -0.355 e. The number of hydrogen-bond donors (Lipinski definition) is 2. The van der Waals surface area contributed by atoms with Crippen LogP contribution in [0.5, 0.6) is 0 Å². The number of hydrogen-bond acceptors (Lipinski definition) is 2. The van der Waals surface area contributed by atoms with E-state index in [1.807, 2.05) is 0 Å². The third-order valence-corrected chi connectivity index (χ3v) is 6.05. The Labute approximate surface area is 189 Å². The molecule has 0 aliphatic carbocycles. The Bertz CT molecular complexity index is 1320. The van der Waals surface area contributed by atoms with Gasteiger partial charge in [-0.1, -0.05) is 39.0 Å². The summed E-state index contributed by atoms with van der Waals surface area (Å²) in [4.78, 5) is 16.6. The molecule has 2 aliphatic heterocycles. The van der Waals surface area contributed by atoms with Crippen molar-refractivity contribution in [3.63, 3.8) is 0 Å². The minimum absolute atomic E-state index is 0.955. The van der Waals surface area contributed by atoms with Crippen LogP contribution in [0.15, 0.2) is 42.5 Å². The first-order chi connectivity index (χ1) is 15.7. The maximum absolute atomic E-state index is 4.81. The van der Waals surface area contributed by atoms with Crippen LogP contribution in [0.2, 0.25) is 0 Å². The molecule has 162 valence electrons. The molecule has 0 atom stereocenters. The van der Waals surface area contributed by atoms with Gasteiger partial charge in [0.05, 0.1) is 22.8 Å². The summed E-state index contributed by atoms with van der Waals surface area (Å²) in [6, 6.07) is 14.9. The molecule has 8 bridgehead atoms. The molecule has 2 N–H and O–H groups in total. The average molecular weight is 423 g/mol. The van der Waals surface area contributed by atoms with Gasteiger partial charge in [-0.3, -0.25) is 0 Å². The molecule has 32 heavy (non-hydrogen) atoms. The van der Waals surface area contributed by atoms with Gasteiger partial charge >= 0.3 is 0 Å². The maximum atomic E-state index is 4.81. The molecule has 0 amide bonds. The van der Waals surface area contributed by atoms with Gasteiger partial charge < -0.3 is 9.97 Å². The molecule has 0 saturated heterocycles. The molecule has 3 aromatic rings. The lowest BCUT2D eigenvalue weighted by Gasteiger charge is -2.00. The van der Waals surface area contributed by atoms with E-state index in [9.17, 15) is 0 Å². The quantitative estimate of drug-likeness (QED) is 0.266. The van der Waals surface area contributed by atoms with Gasteiger partial charge in [0.25, 0.3) is 0 Å². The Morgan fingerprint density at radius 3 is 1.81 bits per heavy atom. The number of aromatic nitrogens is 4. The minimum atomic E-state index is 0.955. The van der Waals surface area contributed by atoms with E-state index < -0.39 is 0 Å². The normalized spacial score (nSPS) is 12.5. The van der Waals surface area contributed by atoms with Gasteiger partial charge in [-0.25, -0.2) is 9.97 Å². The molecular formula is C28H30N4. The largest absolute Gasteiger partial charge is 0.355 e. The predicted octanol–water partition coefficient (Wildman–Crippen LogP) is 7.56. The summed E-state index contributed by atoms with van der Waals surface area (Å²) >= 11 is 0. The monoisotopic (exact) mass is 422 g/mol. The van der Waals surface area contributed by atoms with E-state index in [4.69, 9.17) is 9.97 Å². The molecular weight excluding hydrogens is 392 g/mol. The van der Waals surface area contributed by atoms with Crippen LogP contribution < -0.4 is 0 Å². The van der Waals surface area contributed by atoms with Crippen molar-refractivity contribution < 1.29 is 0 Å². The molecule has 2 aliphatic rings. The number of aromatic amines is 2. The zero-order chi connectivity index (χ0) is 21.8. The first-order valence-corrected chi connectivity index (χ1v) is 11.8. The van der Waals surface area contributed by atoms with Crippen LogP contribution in [-0.2, 0) is 6.42 Å². The predicted molar refractivity (Wildman–Crippen MR) is 136 cm³/mol. The van der Waals surface area contributed by atoms with Gasteiger partial charge in [0.2, 0.25) is 0 Å². The summed E-state index contributed by atoms with van der Waals surface area (Å²) in [6.07, 6.45) is 17.2. The number of nitrogens with zero attached hydrogens (tertiary/aromatic N) is 2. The van der Waals surface area contributed by atoms with E-state index in [-0.39, 0.29) is 0 Å². The molecule has 0 unspecified atom stereocenters. The molecule has 0 fully saturated rings. The van der Waals surface area contributed by atoms with Crippen molar-refractivity contribution in [3.05, 3.63) is 70.8 Å². The Balaban J connectivity index is 1.56. The highest BCUT2D eigenvalue weighted by Crippen LogP contribution is 2.21. The number of nitrogens with one attached hydrogen (secondary N) is 2. The fraction of sp³-hybridized carbons (Fsp3) is 0.286. The topological polar surface area (TPSA) is 57.4 Å². The second-order valence-corrected chi connectivity index (χ2v) is 8.72. The third-order valence-electron chi connectivity index (χ3n) is 6.05. The van der Waals surface area contributed by atoms with Crippen molar-refractivity contribution in [3.8, 4) is 0 Å². The lowest BCUT2D eigenvalue weighted by atomic mass is 10.1. The van der Waals surface area contributed by atoms with Crippen molar-refractivity contribution in [2.45, 2.75) is 51.9 Å². The van der Waals surface area contributed by atoms with Crippen molar-refractivity contribution in [1.29, 1.82) is 0 Å². The van der Waals surface area contributed by atoms with Crippen LogP contribution in [0, 0.1) is 0 Å². The Kier molecular flexibility index (Phi) is 6.02. The molecule has 5 heterocycles. The van der Waals surface area contributed by atoms with Gasteiger partial charge in [0, 0.05) is 22.1 Å². The highest BCUT2D eigenvalue weighted by Gasteiger charge is 2.05. The zero-order valence-electron chi connectivity index (χ0n) is 18.7. The highest BCUT2D eigenvalue weighted by molar-refractivity contribution is 5.78. The lowest BCUT2D eigenvalue weighted by molar-refractivity contribution is 0.608. The number of H-pyrrole nitrogens is 2. The first kappa shape index (κ1) is 20.5. The van der Waals surface area contributed by atoms with Crippen molar-refractivity contribution >= 4 is 46.4 Å². The summed E-state index contributed by atoms with van der Waals surface area (Å²) in [7, 11) is 0.